The van der Waals surface area contributed by atoms with E-state index >= 15 is 0 Å². The minimum Gasteiger partial charge on any atom is -0.405 e. The number of rotatable bonds is 7. The van der Waals surface area contributed by atoms with Crippen LogP contribution >= 0.6 is 0 Å². The second-order valence-corrected chi connectivity index (χ2v) is 10.7. The van der Waals surface area contributed by atoms with Crippen molar-refractivity contribution < 1.29 is 0 Å². The van der Waals surface area contributed by atoms with Gasteiger partial charge in [-0.3, -0.25) is 4.98 Å². The minimum absolute atomic E-state index is 0. The van der Waals surface area contributed by atoms with E-state index in [1.165, 1.54) is 28.5 Å². The van der Waals surface area contributed by atoms with Crippen LogP contribution in [-0.2, 0) is 6.42 Å². The fourth-order valence-electron chi connectivity index (χ4n) is 5.90. The molecule has 7 heteroatoms. The first-order valence-electron chi connectivity index (χ1n) is 14.4. The van der Waals surface area contributed by atoms with Crippen LogP contribution in [0.15, 0.2) is 69.1 Å². The van der Waals surface area contributed by atoms with Crippen LogP contribution in [0.3, 0.4) is 0 Å². The molecular weight excluding hydrogens is 768 g/mol. The minimum atomic E-state index is 0. The Bertz CT molecular complexity index is 1740. The Labute approximate surface area is 249 Å². The summed E-state index contributed by atoms with van der Waals surface area (Å²) < 4.78 is 0. The number of hydrogen-bond acceptors (Lipinski definition) is 4. The standard InChI is InChI=1S/C34H38N5.C2H5N.Es/c1-9-23-19(5)27-15-28-20(6)25(11-3)33(37-28)18-34-26(13-14-35-12-4)22(8)30(39-34)17-32-24(10-2)21(7)29(38-32)16-31(23)36-27;1-2-3;/h9-10,12,15-19,23,35,37-38H,1-4,11,13-14H2,5-8H3;2H,1,3H2;/q-1;;. The molecule has 229 valence electrons. The van der Waals surface area contributed by atoms with Crippen LogP contribution in [0.4, 0.5) is 0 Å². The molecule has 2 unspecified atom stereocenters. The van der Waals surface area contributed by atoms with Crippen molar-refractivity contribution >= 4 is 39.3 Å². The molecule has 1 radical (unpaired) electrons. The van der Waals surface area contributed by atoms with Gasteiger partial charge in [0.2, 0.25) is 0 Å². The molecular formula is C36H43EsN6-. The van der Waals surface area contributed by atoms with Crippen molar-refractivity contribution in [3.63, 3.8) is 0 Å². The summed E-state index contributed by atoms with van der Waals surface area (Å²) in [6.07, 6.45) is 8.45. The summed E-state index contributed by atoms with van der Waals surface area (Å²) in [6.45, 7) is 28.9. The van der Waals surface area contributed by atoms with E-state index in [0.717, 1.165) is 68.9 Å². The zero-order chi connectivity index (χ0) is 30.6. The molecule has 2 aliphatic rings. The molecule has 0 fully saturated rings. The van der Waals surface area contributed by atoms with E-state index in [-0.39, 0.29) is 11.8 Å². The Hall–Kier alpha value is -5.58. The van der Waals surface area contributed by atoms with Crippen molar-refractivity contribution in [3.8, 4) is 0 Å². The summed E-state index contributed by atoms with van der Waals surface area (Å²) in [6, 6.07) is 8.69. The van der Waals surface area contributed by atoms with Crippen LogP contribution in [0.5, 0.6) is 0 Å². The maximum absolute atomic E-state index is 5.15. The van der Waals surface area contributed by atoms with Crippen molar-refractivity contribution in [2.45, 2.75) is 52.4 Å². The van der Waals surface area contributed by atoms with Gasteiger partial charge in [0.15, 0.2) is 0 Å². The number of nitrogens with two attached hydrogens (primary N) is 1. The summed E-state index contributed by atoms with van der Waals surface area (Å²) in [7, 11) is 0. The van der Waals surface area contributed by atoms with E-state index in [1.807, 2.05) is 12.2 Å². The van der Waals surface area contributed by atoms with Crippen LogP contribution < -0.4 is 11.1 Å². The van der Waals surface area contributed by atoms with Gasteiger partial charge in [-0.25, -0.2) is 4.98 Å². The first-order valence-corrected chi connectivity index (χ1v) is 14.4. The number of allylic oxidation sites excluding steroid dienone is 2. The third-order valence-corrected chi connectivity index (χ3v) is 8.33. The van der Waals surface area contributed by atoms with Gasteiger partial charge >= 0.3 is 0 Å². The molecule has 5 heterocycles. The molecule has 0 spiro atoms. The van der Waals surface area contributed by atoms with Crippen molar-refractivity contribution in [1.82, 2.24) is 25.3 Å². The average Bonchev–Trinajstić information content (AvgIpc) is 3.62. The Kier molecular flexibility index (Phi) is 9.94. The van der Waals surface area contributed by atoms with E-state index in [4.69, 9.17) is 9.97 Å². The maximum Gasteiger partial charge on any atom is 0.0693 e. The Morgan fingerprint density at radius 3 is 2.16 bits per heavy atom. The van der Waals surface area contributed by atoms with Gasteiger partial charge in [-0.15, -0.1) is 6.58 Å². The van der Waals surface area contributed by atoms with Crippen LogP contribution in [0.25, 0.3) is 39.3 Å². The molecule has 0 aromatic carbocycles. The van der Waals surface area contributed by atoms with Gasteiger partial charge in [-0.05, 0) is 91.7 Å². The molecule has 2 atom stereocenters. The first-order chi connectivity index (χ1) is 20.2. The summed E-state index contributed by atoms with van der Waals surface area (Å²) in [5.74, 6) is 0.351. The average molecular weight is 812 g/mol. The largest absolute Gasteiger partial charge is 0.405 e. The van der Waals surface area contributed by atoms with Crippen LogP contribution in [0, 0.1) is 20.8 Å². The van der Waals surface area contributed by atoms with Gasteiger partial charge in [0.25, 0.3) is 0 Å². The van der Waals surface area contributed by atoms with Gasteiger partial charge in [-0.2, -0.15) is 6.42 Å². The number of aromatic amines is 2. The molecule has 0 saturated carbocycles. The molecule has 6 nitrogen and oxygen atoms in total. The third kappa shape index (κ3) is 5.91. The zero-order valence-corrected chi connectivity index (χ0v) is 28.2. The molecule has 8 bridgehead atoms. The Morgan fingerprint density at radius 1 is 0.907 bits per heavy atom. The molecule has 43 heavy (non-hydrogen) atoms. The van der Waals surface area contributed by atoms with Crippen LogP contribution in [-0.4, -0.2) is 26.5 Å². The van der Waals surface area contributed by atoms with Crippen molar-refractivity contribution in [2.75, 3.05) is 6.54 Å². The number of fused-ring (bicyclic) bond motifs is 8. The fourth-order valence-corrected chi connectivity index (χ4v) is 5.90. The van der Waals surface area contributed by atoms with Gasteiger partial charge in [0, 0.05) is 51.7 Å². The normalized spacial score (nSPS) is 15.6. The van der Waals surface area contributed by atoms with E-state index in [1.54, 1.807) is 6.20 Å². The van der Waals surface area contributed by atoms with Gasteiger partial charge < -0.3 is 27.9 Å². The molecule has 2 aliphatic heterocycles. The van der Waals surface area contributed by atoms with Crippen LogP contribution in [0.1, 0.15) is 77.1 Å². The van der Waals surface area contributed by atoms with Gasteiger partial charge in [-0.1, -0.05) is 38.8 Å². The predicted octanol–water partition coefficient (Wildman–Crippen LogP) is 8.17. The van der Waals surface area contributed by atoms with Gasteiger partial charge in [0.05, 0.1) is 17.1 Å². The molecule has 0 aliphatic carbocycles. The summed E-state index contributed by atoms with van der Waals surface area (Å²) in [5.41, 5.74) is 19.8. The van der Waals surface area contributed by atoms with Crippen molar-refractivity contribution in [3.05, 3.63) is 121 Å². The smallest absolute Gasteiger partial charge is 0.0693 e. The van der Waals surface area contributed by atoms with E-state index in [9.17, 15) is 0 Å². The number of nitrogens with zero attached hydrogens (tertiary/aromatic N) is 2. The molecule has 5 N–H and O–H groups in total. The molecule has 5 rings (SSSR count). The van der Waals surface area contributed by atoms with E-state index in [2.05, 4.69) is 106 Å². The molecule has 0 saturated heterocycles. The topological polar surface area (TPSA) is 95.4 Å². The maximum atomic E-state index is 5.15. The Balaban J connectivity index is 0.00000121. The fraction of sp³-hybridized carbons (Fsp3) is 0.250. The van der Waals surface area contributed by atoms with Crippen molar-refractivity contribution in [2.24, 2.45) is 5.73 Å². The molecule has 3 aromatic rings. The monoisotopic (exact) mass is 811 g/mol. The second kappa shape index (κ2) is 13.4. The second-order valence-electron chi connectivity index (χ2n) is 10.7. The summed E-state index contributed by atoms with van der Waals surface area (Å²) in [5, 5.41) is 3.24. The first kappa shape index (κ1) is 31.9. The SMILES string of the molecule is C=CN.C=CNCCC1=C(C)c2cc3[nH]c(cc4nc(cc5[nH]c(cc1n2)c(C[CH2-])c5C)C(C)C4C=C)c(C)c3C=C.[Es]. The number of aryl methyl sites for hydroxylation is 2. The molecule has 3 aromatic heterocycles. The van der Waals surface area contributed by atoms with E-state index < -0.39 is 0 Å². The predicted molar refractivity (Wildman–Crippen MR) is 181 cm³/mol. The Morgan fingerprint density at radius 2 is 1.53 bits per heavy atom. The number of H-pyrrole nitrogens is 2. The number of aromatic nitrogens is 4. The quantitative estimate of drug-likeness (QED) is 0.110. The van der Waals surface area contributed by atoms with Gasteiger partial charge in [0.1, 0.15) is 0 Å². The third-order valence-electron chi connectivity index (χ3n) is 8.33. The molecule has 0 amide bonds. The van der Waals surface area contributed by atoms with E-state index in [0.29, 0.717) is 6.42 Å². The van der Waals surface area contributed by atoms with Crippen molar-refractivity contribution in [1.29, 1.82) is 0 Å². The zero-order valence-electron chi connectivity index (χ0n) is 25.7. The number of nitrogens with one attached hydrogen (secondary N) is 3. The summed E-state index contributed by atoms with van der Waals surface area (Å²) in [4.78, 5) is 17.6. The number of hydrogen-bond donors (Lipinski definition) is 4. The van der Waals surface area contributed by atoms with Crippen LogP contribution in [0.2, 0.25) is 0 Å². The summed E-state index contributed by atoms with van der Waals surface area (Å²) >= 11 is 0.